The monoisotopic (exact) mass is 246 g/mol. The molecule has 0 heterocycles. The van der Waals surface area contributed by atoms with Gasteiger partial charge in [-0.25, -0.2) is 0 Å². The fraction of sp³-hybridized carbons (Fsp3) is 0.143. The molecule has 0 fully saturated rings. The van der Waals surface area contributed by atoms with Crippen LogP contribution in [0.25, 0.3) is 0 Å². The molecule has 0 nitrogen and oxygen atoms in total. The molecule has 2 aromatic rings. The number of hydrogen-bond acceptors (Lipinski definition) is 2. The molecule has 0 aliphatic heterocycles. The summed E-state index contributed by atoms with van der Waals surface area (Å²) in [4.78, 5) is 3.97. The predicted octanol–water partition coefficient (Wildman–Crippen LogP) is 4.87. The van der Waals surface area contributed by atoms with Crippen molar-refractivity contribution in [1.82, 2.24) is 0 Å². The maximum absolute atomic E-state index is 2.18. The Kier molecular flexibility index (Phi) is 3.97. The van der Waals surface area contributed by atoms with Crippen molar-refractivity contribution in [3.63, 3.8) is 0 Å². The summed E-state index contributed by atoms with van der Waals surface area (Å²) in [6.45, 7) is 2.12. The van der Waals surface area contributed by atoms with Crippen LogP contribution >= 0.6 is 23.5 Å². The van der Waals surface area contributed by atoms with Gasteiger partial charge in [0.25, 0.3) is 0 Å². The molecule has 0 radical (unpaired) electrons. The Morgan fingerprint density at radius 1 is 0.812 bits per heavy atom. The van der Waals surface area contributed by atoms with E-state index in [0.29, 0.717) is 0 Å². The van der Waals surface area contributed by atoms with Gasteiger partial charge in [-0.3, -0.25) is 0 Å². The van der Waals surface area contributed by atoms with Gasteiger partial charge in [-0.05, 0) is 37.4 Å². The minimum Gasteiger partial charge on any atom is -0.128 e. The fourth-order valence-electron chi connectivity index (χ4n) is 1.44. The van der Waals surface area contributed by atoms with Crippen LogP contribution in [0.3, 0.4) is 0 Å². The first kappa shape index (κ1) is 11.6. The van der Waals surface area contributed by atoms with E-state index in [2.05, 4.69) is 61.7 Å². The number of thioether (sulfide) groups is 1. The summed E-state index contributed by atoms with van der Waals surface area (Å²) in [5.74, 6) is 0. The van der Waals surface area contributed by atoms with Crippen LogP contribution in [-0.4, -0.2) is 6.26 Å². The van der Waals surface area contributed by atoms with Gasteiger partial charge in [-0.15, -0.1) is 11.8 Å². The molecule has 0 spiro atoms. The van der Waals surface area contributed by atoms with Gasteiger partial charge in [-0.1, -0.05) is 41.6 Å². The van der Waals surface area contributed by atoms with E-state index in [4.69, 9.17) is 0 Å². The van der Waals surface area contributed by atoms with Crippen LogP contribution in [0.1, 0.15) is 5.56 Å². The van der Waals surface area contributed by atoms with Crippen LogP contribution < -0.4 is 0 Å². The maximum Gasteiger partial charge on any atom is 0.0258 e. The molecular formula is C14H14S2. The van der Waals surface area contributed by atoms with E-state index in [1.165, 1.54) is 20.2 Å². The average molecular weight is 246 g/mol. The lowest BCUT2D eigenvalue weighted by atomic mass is 10.2. The molecule has 2 rings (SSSR count). The molecule has 0 N–H and O–H groups in total. The Morgan fingerprint density at radius 2 is 1.44 bits per heavy atom. The zero-order chi connectivity index (χ0) is 11.4. The smallest absolute Gasteiger partial charge is 0.0258 e. The second-order valence-corrected chi connectivity index (χ2v) is 5.53. The van der Waals surface area contributed by atoms with E-state index >= 15 is 0 Å². The van der Waals surface area contributed by atoms with E-state index in [-0.39, 0.29) is 0 Å². The number of aryl methyl sites for hydroxylation is 1. The van der Waals surface area contributed by atoms with Crippen LogP contribution in [0.4, 0.5) is 0 Å². The molecule has 2 heteroatoms. The first-order chi connectivity index (χ1) is 7.79. The third kappa shape index (κ3) is 2.83. The summed E-state index contributed by atoms with van der Waals surface area (Å²) in [5.41, 5.74) is 1.31. The van der Waals surface area contributed by atoms with Gasteiger partial charge in [0.05, 0.1) is 0 Å². The van der Waals surface area contributed by atoms with Crippen LogP contribution in [0.5, 0.6) is 0 Å². The Balaban J connectivity index is 2.23. The topological polar surface area (TPSA) is 0 Å². The first-order valence-electron chi connectivity index (χ1n) is 5.17. The van der Waals surface area contributed by atoms with Crippen molar-refractivity contribution in [3.05, 3.63) is 54.1 Å². The van der Waals surface area contributed by atoms with Crippen molar-refractivity contribution < 1.29 is 0 Å². The molecule has 0 saturated heterocycles. The highest BCUT2D eigenvalue weighted by atomic mass is 32.2. The Labute approximate surface area is 105 Å². The lowest BCUT2D eigenvalue weighted by Gasteiger charge is -2.06. The van der Waals surface area contributed by atoms with Crippen molar-refractivity contribution in [2.45, 2.75) is 21.6 Å². The molecule has 0 aliphatic carbocycles. The quantitative estimate of drug-likeness (QED) is 0.709. The third-order valence-electron chi connectivity index (χ3n) is 2.32. The van der Waals surface area contributed by atoms with Gasteiger partial charge >= 0.3 is 0 Å². The first-order valence-corrected chi connectivity index (χ1v) is 7.21. The highest BCUT2D eigenvalue weighted by Gasteiger charge is 2.02. The normalized spacial score (nSPS) is 10.4. The van der Waals surface area contributed by atoms with E-state index in [0.717, 1.165) is 0 Å². The lowest BCUT2D eigenvalue weighted by molar-refractivity contribution is 1.24. The zero-order valence-electron chi connectivity index (χ0n) is 9.44. The molecule has 0 bridgehead atoms. The molecule has 0 amide bonds. The summed E-state index contributed by atoms with van der Waals surface area (Å²) >= 11 is 3.62. The molecule has 0 aliphatic rings. The van der Waals surface area contributed by atoms with Gasteiger partial charge in [0.15, 0.2) is 0 Å². The molecule has 2 aromatic carbocycles. The maximum atomic E-state index is 2.18. The summed E-state index contributed by atoms with van der Waals surface area (Å²) in [6, 6.07) is 17.2. The van der Waals surface area contributed by atoms with Crippen LogP contribution in [0, 0.1) is 6.92 Å². The van der Waals surface area contributed by atoms with Gasteiger partial charge in [0.1, 0.15) is 0 Å². The van der Waals surface area contributed by atoms with Crippen molar-refractivity contribution >= 4 is 23.5 Å². The van der Waals surface area contributed by atoms with Gasteiger partial charge in [0, 0.05) is 14.7 Å². The molecule has 0 saturated carbocycles. The van der Waals surface area contributed by atoms with E-state index in [1.807, 2.05) is 11.8 Å². The van der Waals surface area contributed by atoms with Crippen molar-refractivity contribution in [3.8, 4) is 0 Å². The second kappa shape index (κ2) is 5.46. The largest absolute Gasteiger partial charge is 0.128 e. The van der Waals surface area contributed by atoms with Crippen LogP contribution in [0.15, 0.2) is 63.2 Å². The Morgan fingerprint density at radius 3 is 2.06 bits per heavy atom. The second-order valence-electron chi connectivity index (χ2n) is 3.57. The van der Waals surface area contributed by atoms with Crippen LogP contribution in [0.2, 0.25) is 0 Å². The molecular weight excluding hydrogens is 232 g/mol. The van der Waals surface area contributed by atoms with Crippen molar-refractivity contribution in [2.24, 2.45) is 0 Å². The predicted molar refractivity (Wildman–Crippen MR) is 73.5 cm³/mol. The Bertz CT molecular complexity index is 460. The van der Waals surface area contributed by atoms with Crippen molar-refractivity contribution in [2.75, 3.05) is 6.26 Å². The minimum absolute atomic E-state index is 1.30. The highest BCUT2D eigenvalue weighted by molar-refractivity contribution is 8.02. The third-order valence-corrected chi connectivity index (χ3v) is 4.33. The number of benzene rings is 2. The summed E-state index contributed by atoms with van der Waals surface area (Å²) < 4.78 is 0. The Hall–Kier alpha value is -0.860. The summed E-state index contributed by atoms with van der Waals surface area (Å²) in [7, 11) is 0. The summed E-state index contributed by atoms with van der Waals surface area (Å²) in [6.07, 6.45) is 2.12. The fourth-order valence-corrected chi connectivity index (χ4v) is 3.14. The van der Waals surface area contributed by atoms with Gasteiger partial charge < -0.3 is 0 Å². The zero-order valence-corrected chi connectivity index (χ0v) is 11.1. The number of hydrogen-bond donors (Lipinski definition) is 0. The summed E-state index contributed by atoms with van der Waals surface area (Å²) in [5, 5.41) is 0. The molecule has 0 unspecified atom stereocenters. The van der Waals surface area contributed by atoms with Gasteiger partial charge in [0.2, 0.25) is 0 Å². The van der Waals surface area contributed by atoms with Gasteiger partial charge in [-0.2, -0.15) is 0 Å². The lowest BCUT2D eigenvalue weighted by Crippen LogP contribution is -1.78. The van der Waals surface area contributed by atoms with E-state index < -0.39 is 0 Å². The van der Waals surface area contributed by atoms with Crippen molar-refractivity contribution in [1.29, 1.82) is 0 Å². The molecule has 0 aromatic heterocycles. The van der Waals surface area contributed by atoms with E-state index in [1.54, 1.807) is 11.8 Å². The molecule has 82 valence electrons. The van der Waals surface area contributed by atoms with E-state index in [9.17, 15) is 0 Å². The SMILES string of the molecule is CSc1ccccc1Sc1ccc(C)cc1. The minimum atomic E-state index is 1.30. The average Bonchev–Trinajstić information content (AvgIpc) is 2.33. The number of rotatable bonds is 3. The molecule has 0 atom stereocenters. The highest BCUT2D eigenvalue weighted by Crippen LogP contribution is 2.34. The molecule has 16 heavy (non-hydrogen) atoms. The standard InChI is InChI=1S/C14H14S2/c1-11-7-9-12(10-8-11)16-14-6-4-3-5-13(14)15-2/h3-10H,1-2H3. The van der Waals surface area contributed by atoms with Crippen LogP contribution in [-0.2, 0) is 0 Å².